The molecule has 0 saturated heterocycles. The Morgan fingerprint density at radius 1 is 1.19 bits per heavy atom. The molecule has 0 bridgehead atoms. The number of rotatable bonds is 6. The smallest absolute Gasteiger partial charge is 0.240 e. The highest BCUT2D eigenvalue weighted by molar-refractivity contribution is 7.89. The Morgan fingerprint density at radius 3 is 2.24 bits per heavy atom. The Hall–Kier alpha value is -0.950. The Labute approximate surface area is 127 Å². The predicted molar refractivity (Wildman–Crippen MR) is 82.4 cm³/mol. The minimum absolute atomic E-state index is 0.0713. The summed E-state index contributed by atoms with van der Waals surface area (Å²) in [5, 5.41) is 9.00. The van der Waals surface area contributed by atoms with Crippen molar-refractivity contribution in [3.05, 3.63) is 29.8 Å². The first-order chi connectivity index (χ1) is 9.89. The molecule has 1 aliphatic carbocycles. The second kappa shape index (κ2) is 6.44. The first-order valence-electron chi connectivity index (χ1n) is 7.26. The second-order valence-corrected chi connectivity index (χ2v) is 7.72. The van der Waals surface area contributed by atoms with Gasteiger partial charge in [-0.15, -0.1) is 0 Å². The lowest BCUT2D eigenvalue weighted by molar-refractivity contribution is 0.162. The van der Waals surface area contributed by atoms with Crippen molar-refractivity contribution in [2.24, 2.45) is 0 Å². The molecule has 0 heterocycles. The van der Waals surface area contributed by atoms with E-state index in [0.29, 0.717) is 12.1 Å². The SMILES string of the molecule is CN(C)C1(CNS(=O)(=O)c2ccc(CO)cc2)CCCC1. The summed E-state index contributed by atoms with van der Waals surface area (Å²) >= 11 is 0. The summed E-state index contributed by atoms with van der Waals surface area (Å²) in [6, 6.07) is 6.33. The molecular formula is C15H24N2O3S. The molecule has 0 amide bonds. The normalized spacial score (nSPS) is 18.3. The number of nitrogens with zero attached hydrogens (tertiary/aromatic N) is 1. The molecule has 1 aliphatic rings. The highest BCUT2D eigenvalue weighted by Crippen LogP contribution is 2.33. The van der Waals surface area contributed by atoms with E-state index in [2.05, 4.69) is 9.62 Å². The lowest BCUT2D eigenvalue weighted by atomic mass is 9.97. The molecule has 0 unspecified atom stereocenters. The van der Waals surface area contributed by atoms with Crippen LogP contribution in [0.4, 0.5) is 0 Å². The van der Waals surface area contributed by atoms with Gasteiger partial charge in [0.2, 0.25) is 10.0 Å². The number of aliphatic hydroxyl groups excluding tert-OH is 1. The molecule has 118 valence electrons. The van der Waals surface area contributed by atoms with Gasteiger partial charge in [-0.25, -0.2) is 13.1 Å². The Bertz CT molecular complexity index is 561. The van der Waals surface area contributed by atoms with Gasteiger partial charge in [-0.3, -0.25) is 0 Å². The van der Waals surface area contributed by atoms with E-state index in [1.165, 1.54) is 12.1 Å². The van der Waals surface area contributed by atoms with Gasteiger partial charge < -0.3 is 10.0 Å². The van der Waals surface area contributed by atoms with Gasteiger partial charge in [0.15, 0.2) is 0 Å². The summed E-state index contributed by atoms with van der Waals surface area (Å²) in [6.07, 6.45) is 4.33. The van der Waals surface area contributed by atoms with E-state index in [-0.39, 0.29) is 17.0 Å². The number of aliphatic hydroxyl groups is 1. The second-order valence-electron chi connectivity index (χ2n) is 5.95. The average Bonchev–Trinajstić information content (AvgIpc) is 2.96. The highest BCUT2D eigenvalue weighted by atomic mass is 32.2. The Balaban J connectivity index is 2.10. The van der Waals surface area contributed by atoms with Crippen molar-refractivity contribution in [3.63, 3.8) is 0 Å². The summed E-state index contributed by atoms with van der Waals surface area (Å²) in [7, 11) is 0.516. The zero-order chi connectivity index (χ0) is 15.5. The van der Waals surface area contributed by atoms with Crippen molar-refractivity contribution in [2.45, 2.75) is 42.7 Å². The van der Waals surface area contributed by atoms with Crippen molar-refractivity contribution in [1.29, 1.82) is 0 Å². The molecule has 0 atom stereocenters. The fourth-order valence-electron chi connectivity index (χ4n) is 2.90. The van der Waals surface area contributed by atoms with Crippen LogP contribution in [-0.2, 0) is 16.6 Å². The standard InChI is InChI=1S/C15H24N2O3S/c1-17(2)15(9-3-4-10-15)12-16-21(19,20)14-7-5-13(11-18)6-8-14/h5-8,16,18H,3-4,9-12H2,1-2H3. The van der Waals surface area contributed by atoms with E-state index in [0.717, 1.165) is 25.7 Å². The molecular weight excluding hydrogens is 288 g/mol. The van der Waals surface area contributed by atoms with E-state index in [4.69, 9.17) is 5.11 Å². The third kappa shape index (κ3) is 3.63. The molecule has 2 N–H and O–H groups in total. The number of sulfonamides is 1. The number of benzene rings is 1. The zero-order valence-electron chi connectivity index (χ0n) is 12.7. The van der Waals surface area contributed by atoms with Crippen molar-refractivity contribution in [1.82, 2.24) is 9.62 Å². The molecule has 1 fully saturated rings. The molecule has 5 nitrogen and oxygen atoms in total. The fraction of sp³-hybridized carbons (Fsp3) is 0.600. The molecule has 0 spiro atoms. The van der Waals surface area contributed by atoms with Crippen LogP contribution in [0.25, 0.3) is 0 Å². The van der Waals surface area contributed by atoms with Gasteiger partial charge in [0.25, 0.3) is 0 Å². The monoisotopic (exact) mass is 312 g/mol. The van der Waals surface area contributed by atoms with Gasteiger partial charge in [-0.05, 0) is 44.6 Å². The molecule has 1 aromatic rings. The summed E-state index contributed by atoms with van der Waals surface area (Å²) in [5.41, 5.74) is 0.632. The fourth-order valence-corrected chi connectivity index (χ4v) is 4.02. The van der Waals surface area contributed by atoms with E-state index >= 15 is 0 Å². The van der Waals surface area contributed by atoms with Crippen LogP contribution in [-0.4, -0.2) is 44.6 Å². The van der Waals surface area contributed by atoms with Crippen molar-refractivity contribution >= 4 is 10.0 Å². The minimum Gasteiger partial charge on any atom is -0.392 e. The molecule has 0 radical (unpaired) electrons. The van der Waals surface area contributed by atoms with Gasteiger partial charge in [0.05, 0.1) is 11.5 Å². The third-order valence-electron chi connectivity index (χ3n) is 4.49. The average molecular weight is 312 g/mol. The Kier molecular flexibility index (Phi) is 5.03. The molecule has 1 saturated carbocycles. The van der Waals surface area contributed by atoms with E-state index in [9.17, 15) is 8.42 Å². The lowest BCUT2D eigenvalue weighted by Gasteiger charge is -2.36. The topological polar surface area (TPSA) is 69.6 Å². The molecule has 1 aromatic carbocycles. The minimum atomic E-state index is -3.50. The van der Waals surface area contributed by atoms with Gasteiger partial charge in [0.1, 0.15) is 0 Å². The predicted octanol–water partition coefficient (Wildman–Crippen LogP) is 1.33. The van der Waals surface area contributed by atoms with Gasteiger partial charge in [0, 0.05) is 12.1 Å². The van der Waals surface area contributed by atoms with Crippen LogP contribution in [0.1, 0.15) is 31.2 Å². The number of hydrogen-bond acceptors (Lipinski definition) is 4. The maximum atomic E-state index is 12.4. The number of likely N-dealkylation sites (N-methyl/N-ethyl adjacent to an activating group) is 1. The quantitative estimate of drug-likeness (QED) is 0.831. The number of hydrogen-bond donors (Lipinski definition) is 2. The van der Waals surface area contributed by atoms with Crippen molar-refractivity contribution in [3.8, 4) is 0 Å². The van der Waals surface area contributed by atoms with Crippen LogP contribution in [0.15, 0.2) is 29.2 Å². The van der Waals surface area contributed by atoms with Crippen molar-refractivity contribution in [2.75, 3.05) is 20.6 Å². The van der Waals surface area contributed by atoms with Crippen molar-refractivity contribution < 1.29 is 13.5 Å². The summed E-state index contributed by atoms with van der Waals surface area (Å²) in [4.78, 5) is 2.38. The van der Waals surface area contributed by atoms with Crippen LogP contribution < -0.4 is 4.72 Å². The summed E-state index contributed by atoms with van der Waals surface area (Å²) in [6.45, 7) is 0.349. The van der Waals surface area contributed by atoms with Crippen LogP contribution >= 0.6 is 0 Å². The molecule has 6 heteroatoms. The largest absolute Gasteiger partial charge is 0.392 e. The van der Waals surface area contributed by atoms with Gasteiger partial charge in [-0.1, -0.05) is 25.0 Å². The maximum absolute atomic E-state index is 12.4. The summed E-state index contributed by atoms with van der Waals surface area (Å²) < 4.78 is 27.5. The molecule has 0 aromatic heterocycles. The highest BCUT2D eigenvalue weighted by Gasteiger charge is 2.36. The van der Waals surface area contributed by atoms with Crippen LogP contribution in [0.3, 0.4) is 0 Å². The first-order valence-corrected chi connectivity index (χ1v) is 8.75. The molecule has 0 aliphatic heterocycles. The van der Waals surface area contributed by atoms with Crippen LogP contribution in [0.2, 0.25) is 0 Å². The molecule has 21 heavy (non-hydrogen) atoms. The number of nitrogens with one attached hydrogen (secondary N) is 1. The maximum Gasteiger partial charge on any atom is 0.240 e. The zero-order valence-corrected chi connectivity index (χ0v) is 13.5. The lowest BCUT2D eigenvalue weighted by Crippen LogP contribution is -2.50. The van der Waals surface area contributed by atoms with E-state index in [1.54, 1.807) is 12.1 Å². The van der Waals surface area contributed by atoms with Gasteiger partial charge >= 0.3 is 0 Å². The third-order valence-corrected chi connectivity index (χ3v) is 5.91. The Morgan fingerprint density at radius 2 is 1.76 bits per heavy atom. The van der Waals surface area contributed by atoms with Gasteiger partial charge in [-0.2, -0.15) is 0 Å². The van der Waals surface area contributed by atoms with E-state index < -0.39 is 10.0 Å². The van der Waals surface area contributed by atoms with Crippen LogP contribution in [0, 0.1) is 0 Å². The van der Waals surface area contributed by atoms with E-state index in [1.807, 2.05) is 14.1 Å². The molecule has 2 rings (SSSR count). The summed E-state index contributed by atoms with van der Waals surface area (Å²) in [5.74, 6) is 0. The first kappa shape index (κ1) is 16.4. The van der Waals surface area contributed by atoms with Crippen LogP contribution in [0.5, 0.6) is 0 Å².